The minimum Gasteiger partial charge on any atom is -0.459 e. The lowest BCUT2D eigenvalue weighted by Crippen LogP contribution is -2.36. The Morgan fingerprint density at radius 3 is 2.78 bits per heavy atom. The van der Waals surface area contributed by atoms with Gasteiger partial charge in [-0.2, -0.15) is 0 Å². The van der Waals surface area contributed by atoms with Gasteiger partial charge in [0.05, 0.1) is 11.8 Å². The summed E-state index contributed by atoms with van der Waals surface area (Å²) in [5, 5.41) is 0.870. The van der Waals surface area contributed by atoms with Gasteiger partial charge in [0.25, 0.3) is 0 Å². The van der Waals surface area contributed by atoms with Gasteiger partial charge < -0.3 is 10.5 Å². The molecule has 0 saturated carbocycles. The third-order valence-electron chi connectivity index (χ3n) is 4.16. The van der Waals surface area contributed by atoms with E-state index in [1.54, 1.807) is 0 Å². The van der Waals surface area contributed by atoms with Crippen LogP contribution in [0.1, 0.15) is 48.6 Å². The molecule has 0 aromatic carbocycles. The van der Waals surface area contributed by atoms with Gasteiger partial charge in [-0.05, 0) is 39.3 Å². The lowest BCUT2D eigenvalue weighted by Gasteiger charge is -2.31. The molecule has 0 unspecified atom stereocenters. The van der Waals surface area contributed by atoms with Crippen LogP contribution < -0.4 is 5.73 Å². The number of aromatic nitrogens is 1. The number of carbonyl (C=O) groups excluding carboxylic acids is 1. The van der Waals surface area contributed by atoms with E-state index in [0.717, 1.165) is 35.4 Å². The Morgan fingerprint density at radius 1 is 1.39 bits per heavy atom. The summed E-state index contributed by atoms with van der Waals surface area (Å²) >= 11 is 1.33. The van der Waals surface area contributed by atoms with E-state index >= 15 is 0 Å². The number of hydrogen-bond acceptors (Lipinski definition) is 6. The summed E-state index contributed by atoms with van der Waals surface area (Å²) in [5.74, 6) is -0.359. The fourth-order valence-corrected chi connectivity index (χ4v) is 3.86. The molecule has 1 aliphatic rings. The molecule has 0 aliphatic carbocycles. The summed E-state index contributed by atoms with van der Waals surface area (Å²) in [5.41, 5.74) is 9.03. The fraction of sp³-hybridized carbons (Fsp3) is 0.529. The van der Waals surface area contributed by atoms with E-state index in [2.05, 4.69) is 24.8 Å². The predicted molar refractivity (Wildman–Crippen MR) is 93.8 cm³/mol. The molecule has 0 bridgehead atoms. The van der Waals surface area contributed by atoms with Gasteiger partial charge >= 0.3 is 5.97 Å². The average molecular weight is 333 g/mol. The number of ether oxygens (including phenoxy) is 1. The molecule has 6 heteroatoms. The number of anilines is 1. The second kappa shape index (κ2) is 6.09. The first-order chi connectivity index (χ1) is 10.9. The second-order valence-corrected chi connectivity index (χ2v) is 7.56. The third-order valence-corrected chi connectivity index (χ3v) is 5.25. The van der Waals surface area contributed by atoms with Crippen LogP contribution in [0.3, 0.4) is 0 Å². The number of carbonyl (C=O) groups is 1. The number of nitrogens with zero attached hydrogens (tertiary/aromatic N) is 2. The van der Waals surface area contributed by atoms with Crippen molar-refractivity contribution in [3.63, 3.8) is 0 Å². The van der Waals surface area contributed by atoms with Crippen molar-refractivity contribution in [1.29, 1.82) is 0 Å². The van der Waals surface area contributed by atoms with Gasteiger partial charge in [0.2, 0.25) is 0 Å². The van der Waals surface area contributed by atoms with Gasteiger partial charge in [0.1, 0.15) is 9.71 Å². The molecule has 0 saturated heterocycles. The summed E-state index contributed by atoms with van der Waals surface area (Å²) < 4.78 is 5.28. The van der Waals surface area contributed by atoms with Crippen molar-refractivity contribution in [2.24, 2.45) is 0 Å². The highest BCUT2D eigenvalue weighted by atomic mass is 32.1. The molecule has 0 amide bonds. The Balaban J connectivity index is 2.00. The van der Waals surface area contributed by atoms with Crippen molar-refractivity contribution in [1.82, 2.24) is 9.88 Å². The summed E-state index contributed by atoms with van der Waals surface area (Å²) in [6, 6.07) is 2.61. The normalized spacial score (nSPS) is 15.4. The lowest BCUT2D eigenvalue weighted by atomic mass is 10.0. The minimum absolute atomic E-state index is 0.159. The quantitative estimate of drug-likeness (QED) is 0.874. The van der Waals surface area contributed by atoms with Crippen LogP contribution in [0.2, 0.25) is 0 Å². The van der Waals surface area contributed by atoms with Crippen molar-refractivity contribution in [3.05, 3.63) is 22.2 Å². The number of esters is 1. The second-order valence-electron chi connectivity index (χ2n) is 6.56. The molecule has 1 aliphatic heterocycles. The van der Waals surface area contributed by atoms with Crippen LogP contribution in [0.4, 0.5) is 5.69 Å². The Bertz CT molecular complexity index is 752. The Hall–Kier alpha value is -1.66. The molecule has 0 spiro atoms. The first-order valence-electron chi connectivity index (χ1n) is 8.02. The Labute approximate surface area is 140 Å². The summed E-state index contributed by atoms with van der Waals surface area (Å²) in [6.07, 6.45) is 0.778. The van der Waals surface area contributed by atoms with Gasteiger partial charge in [0.15, 0.2) is 0 Å². The molecule has 2 aromatic rings. The van der Waals surface area contributed by atoms with E-state index < -0.39 is 0 Å². The van der Waals surface area contributed by atoms with Crippen molar-refractivity contribution in [2.45, 2.75) is 52.8 Å². The van der Waals surface area contributed by atoms with Gasteiger partial charge in [-0.1, -0.05) is 0 Å². The number of hydrogen-bond donors (Lipinski definition) is 1. The van der Waals surface area contributed by atoms with Crippen LogP contribution in [0.15, 0.2) is 6.07 Å². The zero-order valence-corrected chi connectivity index (χ0v) is 14.9. The molecule has 0 fully saturated rings. The van der Waals surface area contributed by atoms with Crippen LogP contribution in [0, 0.1) is 0 Å². The highest BCUT2D eigenvalue weighted by molar-refractivity contribution is 7.21. The number of fused-ring (bicyclic) bond motifs is 2. The topological polar surface area (TPSA) is 68.4 Å². The van der Waals surface area contributed by atoms with Crippen LogP contribution in [0.25, 0.3) is 10.2 Å². The molecule has 0 atom stereocenters. The molecular weight excluding hydrogens is 310 g/mol. The maximum absolute atomic E-state index is 12.2. The number of rotatable bonds is 3. The average Bonchev–Trinajstić information content (AvgIpc) is 2.80. The zero-order chi connectivity index (χ0) is 16.7. The van der Waals surface area contributed by atoms with Crippen molar-refractivity contribution >= 4 is 33.2 Å². The molecular formula is C17H23N3O2S. The van der Waals surface area contributed by atoms with Crippen LogP contribution >= 0.6 is 11.3 Å². The summed E-state index contributed by atoms with van der Waals surface area (Å²) in [4.78, 5) is 20.7. The summed E-state index contributed by atoms with van der Waals surface area (Å²) in [6.45, 7) is 9.98. The van der Waals surface area contributed by atoms with Gasteiger partial charge in [-0.25, -0.2) is 9.78 Å². The molecule has 2 aromatic heterocycles. The van der Waals surface area contributed by atoms with E-state index in [-0.39, 0.29) is 12.1 Å². The van der Waals surface area contributed by atoms with E-state index in [1.165, 1.54) is 16.9 Å². The monoisotopic (exact) mass is 333 g/mol. The van der Waals surface area contributed by atoms with Gasteiger partial charge in [-0.3, -0.25) is 4.90 Å². The highest BCUT2D eigenvalue weighted by Crippen LogP contribution is 2.35. The van der Waals surface area contributed by atoms with Crippen molar-refractivity contribution < 1.29 is 9.53 Å². The molecule has 5 nitrogen and oxygen atoms in total. The van der Waals surface area contributed by atoms with E-state index in [4.69, 9.17) is 15.5 Å². The first-order valence-corrected chi connectivity index (χ1v) is 8.84. The van der Waals surface area contributed by atoms with E-state index in [1.807, 2.05) is 13.8 Å². The third kappa shape index (κ3) is 3.05. The molecule has 2 N–H and O–H groups in total. The zero-order valence-electron chi connectivity index (χ0n) is 14.0. The molecule has 3 rings (SSSR count). The van der Waals surface area contributed by atoms with Crippen LogP contribution in [-0.4, -0.2) is 34.5 Å². The number of thiophene rings is 1. The van der Waals surface area contributed by atoms with E-state index in [0.29, 0.717) is 16.6 Å². The fourth-order valence-electron chi connectivity index (χ4n) is 2.88. The van der Waals surface area contributed by atoms with Crippen molar-refractivity contribution in [3.8, 4) is 0 Å². The number of nitrogens with two attached hydrogens (primary N) is 1. The maximum Gasteiger partial charge on any atom is 0.350 e. The van der Waals surface area contributed by atoms with Gasteiger partial charge in [0, 0.05) is 36.6 Å². The highest BCUT2D eigenvalue weighted by Gasteiger charge is 2.24. The predicted octanol–water partition coefficient (Wildman–Crippen LogP) is 3.21. The standard InChI is InChI=1S/C17H23N3O2S/c1-9(2)20-6-5-13-11(8-20)7-12-14(18)15(23-16(12)19-13)17(21)22-10(3)4/h7,9-10H,5-6,8,18H2,1-4H3. The van der Waals surface area contributed by atoms with Gasteiger partial charge in [-0.15, -0.1) is 11.3 Å². The minimum atomic E-state index is -0.359. The largest absolute Gasteiger partial charge is 0.459 e. The maximum atomic E-state index is 12.2. The molecule has 3 heterocycles. The SMILES string of the molecule is CC(C)OC(=O)c1sc2nc3c(cc2c1N)CN(C(C)C)CC3. The number of pyridine rings is 1. The smallest absolute Gasteiger partial charge is 0.350 e. The Morgan fingerprint density at radius 2 is 2.13 bits per heavy atom. The summed E-state index contributed by atoms with van der Waals surface area (Å²) in [7, 11) is 0. The van der Waals surface area contributed by atoms with Crippen LogP contribution in [0.5, 0.6) is 0 Å². The number of nitrogen functional groups attached to an aromatic ring is 1. The molecule has 23 heavy (non-hydrogen) atoms. The van der Waals surface area contributed by atoms with Crippen LogP contribution in [-0.2, 0) is 17.7 Å². The first kappa shape index (κ1) is 16.2. The van der Waals surface area contributed by atoms with Crippen molar-refractivity contribution in [2.75, 3.05) is 12.3 Å². The van der Waals surface area contributed by atoms with E-state index in [9.17, 15) is 4.79 Å². The molecule has 0 radical (unpaired) electrons. The molecule has 124 valence electrons. The lowest BCUT2D eigenvalue weighted by molar-refractivity contribution is 0.0385. The Kier molecular flexibility index (Phi) is 4.29.